The maximum absolute atomic E-state index is 12.0. The van der Waals surface area contributed by atoms with E-state index in [0.29, 0.717) is 12.1 Å². The van der Waals surface area contributed by atoms with Gasteiger partial charge in [0.1, 0.15) is 10.9 Å². The van der Waals surface area contributed by atoms with Crippen molar-refractivity contribution in [3.63, 3.8) is 0 Å². The number of benzene rings is 1. The number of carbonyl (C=O) groups is 1. The lowest BCUT2D eigenvalue weighted by molar-refractivity contribution is -0.117. The Morgan fingerprint density at radius 3 is 2.67 bits per heavy atom. The van der Waals surface area contributed by atoms with E-state index in [2.05, 4.69) is 15.3 Å². The highest BCUT2D eigenvalue weighted by Crippen LogP contribution is 2.12. The number of aromatic nitrogens is 2. The monoisotopic (exact) mass is 306 g/mol. The number of anilines is 1. The first kappa shape index (κ1) is 15.2. The van der Waals surface area contributed by atoms with Gasteiger partial charge in [-0.05, 0) is 37.1 Å². The van der Waals surface area contributed by atoms with Crippen LogP contribution in [0.15, 0.2) is 30.3 Å². The lowest BCUT2D eigenvalue weighted by Gasteiger charge is -2.12. The van der Waals surface area contributed by atoms with Crippen molar-refractivity contribution in [2.45, 2.75) is 19.4 Å². The van der Waals surface area contributed by atoms with Crippen molar-refractivity contribution in [1.82, 2.24) is 9.97 Å². The number of nitrogens with one attached hydrogen (secondary N) is 1. The van der Waals surface area contributed by atoms with Crippen LogP contribution >= 0.6 is 11.6 Å². The van der Waals surface area contributed by atoms with Crippen LogP contribution in [0, 0.1) is 6.92 Å². The van der Waals surface area contributed by atoms with Gasteiger partial charge in [-0.2, -0.15) is 0 Å². The van der Waals surface area contributed by atoms with E-state index in [4.69, 9.17) is 17.3 Å². The van der Waals surface area contributed by atoms with Crippen LogP contribution in [-0.2, 0) is 11.2 Å². The summed E-state index contributed by atoms with van der Waals surface area (Å²) in [6.45, 7) is 1.75. The molecule has 0 aliphatic carbocycles. The molecule has 0 unspecified atom stereocenters. The molecule has 0 bridgehead atoms. The smallest absolute Gasteiger partial charge is 0.243 e. The number of hydrogen-bond donors (Lipinski definition) is 3. The first-order valence-electron chi connectivity index (χ1n) is 6.29. The molecule has 0 aliphatic rings. The zero-order valence-corrected chi connectivity index (χ0v) is 12.1. The molecule has 0 aliphatic heterocycles. The van der Waals surface area contributed by atoms with Crippen LogP contribution in [0.5, 0.6) is 5.75 Å². The summed E-state index contributed by atoms with van der Waals surface area (Å²) < 4.78 is 0. The summed E-state index contributed by atoms with van der Waals surface area (Å²) in [4.78, 5) is 20.0. The molecule has 6 nitrogen and oxygen atoms in total. The van der Waals surface area contributed by atoms with Crippen LogP contribution in [0.1, 0.15) is 11.3 Å². The minimum atomic E-state index is -0.752. The van der Waals surface area contributed by atoms with E-state index in [9.17, 15) is 9.90 Å². The summed E-state index contributed by atoms with van der Waals surface area (Å²) in [5.41, 5.74) is 7.34. The molecule has 1 atom stereocenters. The van der Waals surface area contributed by atoms with Crippen molar-refractivity contribution in [3.05, 3.63) is 46.7 Å². The molecular weight excluding hydrogens is 292 g/mol. The van der Waals surface area contributed by atoms with Gasteiger partial charge in [0, 0.05) is 5.69 Å². The summed E-state index contributed by atoms with van der Waals surface area (Å²) in [5, 5.41) is 12.0. The fraction of sp³-hybridized carbons (Fsp3) is 0.214. The minimum absolute atomic E-state index is 0.131. The molecule has 0 saturated heterocycles. The lowest BCUT2D eigenvalue weighted by atomic mass is 10.1. The summed E-state index contributed by atoms with van der Waals surface area (Å²) >= 11 is 5.80. The quantitative estimate of drug-likeness (QED) is 0.746. The van der Waals surface area contributed by atoms with Crippen LogP contribution in [0.2, 0.25) is 5.15 Å². The number of rotatable bonds is 4. The molecular formula is C14H15ClN4O2. The molecule has 1 aromatic heterocycles. The molecule has 2 rings (SSSR count). The second-order valence-corrected chi connectivity index (χ2v) is 5.01. The number of aryl methyl sites for hydroxylation is 1. The Morgan fingerprint density at radius 1 is 1.38 bits per heavy atom. The second kappa shape index (κ2) is 6.51. The van der Waals surface area contributed by atoms with Crippen molar-refractivity contribution in [2.24, 2.45) is 5.73 Å². The van der Waals surface area contributed by atoms with Crippen LogP contribution in [0.3, 0.4) is 0 Å². The first-order chi connectivity index (χ1) is 9.94. The number of phenols is 1. The molecule has 0 spiro atoms. The normalized spacial score (nSPS) is 12.0. The third kappa shape index (κ3) is 4.40. The molecule has 0 fully saturated rings. The Morgan fingerprint density at radius 2 is 2.05 bits per heavy atom. The second-order valence-electron chi connectivity index (χ2n) is 4.62. The van der Waals surface area contributed by atoms with Gasteiger partial charge in [0.05, 0.1) is 6.04 Å². The fourth-order valence-electron chi connectivity index (χ4n) is 1.77. The maximum atomic E-state index is 12.0. The minimum Gasteiger partial charge on any atom is -0.508 e. The number of hydrogen-bond acceptors (Lipinski definition) is 5. The van der Waals surface area contributed by atoms with E-state index in [1.165, 1.54) is 0 Å². The third-order valence-corrected chi connectivity index (χ3v) is 2.98. The predicted octanol–water partition coefficient (Wildman–Crippen LogP) is 1.65. The average Bonchev–Trinajstić information content (AvgIpc) is 2.40. The highest BCUT2D eigenvalue weighted by atomic mass is 35.5. The van der Waals surface area contributed by atoms with Crippen LogP contribution in [-0.4, -0.2) is 27.0 Å². The van der Waals surface area contributed by atoms with E-state index in [1.54, 1.807) is 37.3 Å². The van der Waals surface area contributed by atoms with E-state index in [-0.39, 0.29) is 16.9 Å². The molecule has 0 radical (unpaired) electrons. The lowest BCUT2D eigenvalue weighted by Crippen LogP contribution is -2.37. The standard InChI is InChI=1S/C14H15ClN4O2/c1-8-6-12(15)18-14(17-8)19-13(21)11(16)7-9-2-4-10(20)5-3-9/h2-6,11,20H,7,16H2,1H3,(H,17,18,19,21)/t11-/m1/s1. The number of nitrogens with two attached hydrogens (primary N) is 1. The number of phenolic OH excluding ortho intramolecular Hbond substituents is 1. The molecule has 1 heterocycles. The average molecular weight is 307 g/mol. The van der Waals surface area contributed by atoms with E-state index < -0.39 is 11.9 Å². The third-order valence-electron chi connectivity index (χ3n) is 2.79. The van der Waals surface area contributed by atoms with Crippen LogP contribution < -0.4 is 11.1 Å². The topological polar surface area (TPSA) is 101 Å². The van der Waals surface area contributed by atoms with Gasteiger partial charge in [0.2, 0.25) is 11.9 Å². The van der Waals surface area contributed by atoms with Crippen molar-refractivity contribution in [3.8, 4) is 5.75 Å². The van der Waals surface area contributed by atoms with Crippen LogP contribution in [0.25, 0.3) is 0 Å². The van der Waals surface area contributed by atoms with Crippen molar-refractivity contribution < 1.29 is 9.90 Å². The van der Waals surface area contributed by atoms with Crippen molar-refractivity contribution in [2.75, 3.05) is 5.32 Å². The van der Waals surface area contributed by atoms with Gasteiger partial charge in [-0.25, -0.2) is 9.97 Å². The van der Waals surface area contributed by atoms with Gasteiger partial charge in [-0.3, -0.25) is 10.1 Å². The molecule has 7 heteroatoms. The van der Waals surface area contributed by atoms with Gasteiger partial charge in [0.15, 0.2) is 0 Å². The number of amides is 1. The van der Waals surface area contributed by atoms with Gasteiger partial charge in [-0.1, -0.05) is 23.7 Å². The molecule has 4 N–H and O–H groups in total. The highest BCUT2D eigenvalue weighted by Gasteiger charge is 2.16. The van der Waals surface area contributed by atoms with Crippen molar-refractivity contribution >= 4 is 23.5 Å². The maximum Gasteiger partial charge on any atom is 0.243 e. The Balaban J connectivity index is 2.00. The van der Waals surface area contributed by atoms with E-state index >= 15 is 0 Å². The summed E-state index contributed by atoms with van der Waals surface area (Å²) in [6, 6.07) is 7.35. The van der Waals surface area contributed by atoms with Gasteiger partial charge >= 0.3 is 0 Å². The number of nitrogens with zero attached hydrogens (tertiary/aromatic N) is 2. The highest BCUT2D eigenvalue weighted by molar-refractivity contribution is 6.29. The van der Waals surface area contributed by atoms with Crippen LogP contribution in [0.4, 0.5) is 5.95 Å². The Labute approximate surface area is 127 Å². The Bertz CT molecular complexity index is 626. The Hall–Kier alpha value is -2.18. The molecule has 1 aromatic carbocycles. The molecule has 1 amide bonds. The fourth-order valence-corrected chi connectivity index (χ4v) is 2.01. The molecule has 110 valence electrons. The zero-order valence-electron chi connectivity index (χ0n) is 11.4. The first-order valence-corrected chi connectivity index (χ1v) is 6.67. The SMILES string of the molecule is Cc1cc(Cl)nc(NC(=O)[C@H](N)Cc2ccc(O)cc2)n1. The molecule has 2 aromatic rings. The number of halogens is 1. The molecule has 21 heavy (non-hydrogen) atoms. The number of carbonyl (C=O) groups excluding carboxylic acids is 1. The summed E-state index contributed by atoms with van der Waals surface area (Å²) in [6.07, 6.45) is 0.339. The van der Waals surface area contributed by atoms with E-state index in [0.717, 1.165) is 5.56 Å². The molecule has 0 saturated carbocycles. The van der Waals surface area contributed by atoms with Gasteiger partial charge < -0.3 is 10.8 Å². The van der Waals surface area contributed by atoms with Gasteiger partial charge in [0.25, 0.3) is 0 Å². The largest absolute Gasteiger partial charge is 0.508 e. The zero-order chi connectivity index (χ0) is 15.4. The Kier molecular flexibility index (Phi) is 4.72. The van der Waals surface area contributed by atoms with E-state index in [1.807, 2.05) is 0 Å². The predicted molar refractivity (Wildman–Crippen MR) is 80.2 cm³/mol. The summed E-state index contributed by atoms with van der Waals surface area (Å²) in [7, 11) is 0. The summed E-state index contributed by atoms with van der Waals surface area (Å²) in [5.74, 6) is -0.101. The van der Waals surface area contributed by atoms with Crippen molar-refractivity contribution in [1.29, 1.82) is 0 Å². The number of aromatic hydroxyl groups is 1. The van der Waals surface area contributed by atoms with Gasteiger partial charge in [-0.15, -0.1) is 0 Å².